The SMILES string of the molecule is N#Cc1ccc2c3ccccc3n(-c3cccc(C#N)c3-c3ccccc3-n3c4ccccc4c4cccc(-n5c6ccccc6c6ccccc65)c43)c2c1. The quantitative estimate of drug-likeness (QED) is 0.184. The van der Waals surface area contributed by atoms with Gasteiger partial charge < -0.3 is 13.7 Å². The largest absolute Gasteiger partial charge is 0.309 e. The number of rotatable bonds is 4. The summed E-state index contributed by atoms with van der Waals surface area (Å²) in [6.45, 7) is 0. The summed E-state index contributed by atoms with van der Waals surface area (Å²) >= 11 is 0. The van der Waals surface area contributed by atoms with Crippen LogP contribution in [0.3, 0.4) is 0 Å². The monoisotopic (exact) mass is 699 g/mol. The van der Waals surface area contributed by atoms with Gasteiger partial charge in [-0.1, -0.05) is 115 Å². The van der Waals surface area contributed by atoms with Gasteiger partial charge in [0.1, 0.15) is 0 Å². The minimum Gasteiger partial charge on any atom is -0.309 e. The van der Waals surface area contributed by atoms with Crippen LogP contribution in [0.25, 0.3) is 93.6 Å². The van der Waals surface area contributed by atoms with E-state index < -0.39 is 0 Å². The van der Waals surface area contributed by atoms with Gasteiger partial charge >= 0.3 is 0 Å². The van der Waals surface area contributed by atoms with Crippen molar-refractivity contribution in [3.8, 4) is 40.3 Å². The molecule has 3 heterocycles. The molecule has 0 aliphatic carbocycles. The van der Waals surface area contributed by atoms with E-state index in [-0.39, 0.29) is 0 Å². The molecule has 0 saturated heterocycles. The molecule has 3 aromatic heterocycles. The van der Waals surface area contributed by atoms with Gasteiger partial charge in [0.15, 0.2) is 0 Å². The Balaban J connectivity index is 1.28. The molecule has 5 heteroatoms. The smallest absolute Gasteiger partial charge is 0.0998 e. The molecule has 0 saturated carbocycles. The second kappa shape index (κ2) is 11.8. The average molecular weight is 700 g/mol. The number of hydrogen-bond acceptors (Lipinski definition) is 2. The molecule has 11 rings (SSSR count). The molecule has 0 unspecified atom stereocenters. The van der Waals surface area contributed by atoms with Crippen molar-refractivity contribution in [3.05, 3.63) is 187 Å². The third kappa shape index (κ3) is 4.33. The van der Waals surface area contributed by atoms with E-state index >= 15 is 0 Å². The van der Waals surface area contributed by atoms with Crippen molar-refractivity contribution in [2.24, 2.45) is 0 Å². The second-order valence-electron chi connectivity index (χ2n) is 13.9. The highest BCUT2D eigenvalue weighted by molar-refractivity contribution is 6.16. The number of aromatic nitrogens is 3. The lowest BCUT2D eigenvalue weighted by Crippen LogP contribution is -2.04. The predicted molar refractivity (Wildman–Crippen MR) is 224 cm³/mol. The van der Waals surface area contributed by atoms with E-state index in [0.717, 1.165) is 82.8 Å². The average Bonchev–Trinajstić information content (AvgIpc) is 3.89. The molecule has 0 bridgehead atoms. The van der Waals surface area contributed by atoms with Crippen LogP contribution in [0.1, 0.15) is 11.1 Å². The summed E-state index contributed by atoms with van der Waals surface area (Å²) in [5.41, 5.74) is 12.2. The van der Waals surface area contributed by atoms with E-state index in [1.807, 2.05) is 42.5 Å². The van der Waals surface area contributed by atoms with Crippen LogP contribution in [-0.4, -0.2) is 13.7 Å². The zero-order valence-electron chi connectivity index (χ0n) is 29.5. The molecular weight excluding hydrogens is 671 g/mol. The van der Waals surface area contributed by atoms with Crippen LogP contribution in [0.5, 0.6) is 0 Å². The first kappa shape index (κ1) is 30.7. The summed E-state index contributed by atoms with van der Waals surface area (Å²) in [5.74, 6) is 0. The van der Waals surface area contributed by atoms with Crippen LogP contribution < -0.4 is 0 Å². The molecule has 0 amide bonds. The van der Waals surface area contributed by atoms with Crippen LogP contribution in [-0.2, 0) is 0 Å². The zero-order chi connectivity index (χ0) is 36.6. The molecule has 55 heavy (non-hydrogen) atoms. The molecule has 0 spiro atoms. The number of nitriles is 2. The maximum Gasteiger partial charge on any atom is 0.0998 e. The van der Waals surface area contributed by atoms with E-state index in [1.165, 1.54) is 10.8 Å². The van der Waals surface area contributed by atoms with Crippen molar-refractivity contribution in [3.63, 3.8) is 0 Å². The van der Waals surface area contributed by atoms with Gasteiger partial charge in [-0.25, -0.2) is 0 Å². The van der Waals surface area contributed by atoms with Crippen molar-refractivity contribution in [1.29, 1.82) is 10.5 Å². The zero-order valence-corrected chi connectivity index (χ0v) is 29.5. The number of benzene rings is 8. The van der Waals surface area contributed by atoms with E-state index in [4.69, 9.17) is 0 Å². The number of hydrogen-bond donors (Lipinski definition) is 0. The third-order valence-electron chi connectivity index (χ3n) is 11.1. The molecule has 0 fully saturated rings. The van der Waals surface area contributed by atoms with Crippen LogP contribution in [0.15, 0.2) is 176 Å². The molecule has 0 aliphatic rings. The Bertz CT molecular complexity index is 3420. The lowest BCUT2D eigenvalue weighted by Gasteiger charge is -2.20. The summed E-state index contributed by atoms with van der Waals surface area (Å²) < 4.78 is 6.99. The fraction of sp³-hybridized carbons (Fsp3) is 0. The molecule has 5 nitrogen and oxygen atoms in total. The maximum atomic E-state index is 10.8. The van der Waals surface area contributed by atoms with Crippen molar-refractivity contribution >= 4 is 65.4 Å². The van der Waals surface area contributed by atoms with Crippen LogP contribution in [0.4, 0.5) is 0 Å². The van der Waals surface area contributed by atoms with E-state index in [1.54, 1.807) is 0 Å². The Labute approximate surface area is 316 Å². The minimum atomic E-state index is 0.565. The topological polar surface area (TPSA) is 62.4 Å². The van der Waals surface area contributed by atoms with Gasteiger partial charge in [0, 0.05) is 43.4 Å². The van der Waals surface area contributed by atoms with Gasteiger partial charge in [0.05, 0.1) is 73.4 Å². The summed E-state index contributed by atoms with van der Waals surface area (Å²) in [6, 6.07) is 65.9. The third-order valence-corrected chi connectivity index (χ3v) is 11.1. The minimum absolute atomic E-state index is 0.565. The van der Waals surface area contributed by atoms with Crippen molar-refractivity contribution < 1.29 is 0 Å². The fourth-order valence-corrected chi connectivity index (χ4v) is 8.90. The highest BCUT2D eigenvalue weighted by atomic mass is 15.1. The first-order valence-electron chi connectivity index (χ1n) is 18.3. The maximum absolute atomic E-state index is 10.8. The van der Waals surface area contributed by atoms with E-state index in [9.17, 15) is 10.5 Å². The van der Waals surface area contributed by atoms with Crippen LogP contribution >= 0.6 is 0 Å². The number of nitrogens with zero attached hydrogens (tertiary/aromatic N) is 5. The number of fused-ring (bicyclic) bond motifs is 9. The highest BCUT2D eigenvalue weighted by Crippen LogP contribution is 2.44. The molecular formula is C50H29N5. The molecule has 0 radical (unpaired) electrons. The summed E-state index contributed by atoms with van der Waals surface area (Å²) in [4.78, 5) is 0. The molecule has 254 valence electrons. The molecule has 0 aliphatic heterocycles. The van der Waals surface area contributed by atoms with Crippen molar-refractivity contribution in [2.75, 3.05) is 0 Å². The molecule has 8 aromatic carbocycles. The van der Waals surface area contributed by atoms with Crippen molar-refractivity contribution in [2.45, 2.75) is 0 Å². The summed E-state index contributed by atoms with van der Waals surface area (Å²) in [6.07, 6.45) is 0. The van der Waals surface area contributed by atoms with E-state index in [2.05, 4.69) is 159 Å². The van der Waals surface area contributed by atoms with Crippen molar-refractivity contribution in [1.82, 2.24) is 13.7 Å². The van der Waals surface area contributed by atoms with Gasteiger partial charge in [-0.15, -0.1) is 0 Å². The fourth-order valence-electron chi connectivity index (χ4n) is 8.90. The van der Waals surface area contributed by atoms with Gasteiger partial charge in [-0.3, -0.25) is 0 Å². The van der Waals surface area contributed by atoms with Gasteiger partial charge in [0.25, 0.3) is 0 Å². The Morgan fingerprint density at radius 2 is 0.818 bits per heavy atom. The molecule has 0 atom stereocenters. The Morgan fingerprint density at radius 1 is 0.345 bits per heavy atom. The Morgan fingerprint density at radius 3 is 1.45 bits per heavy atom. The van der Waals surface area contributed by atoms with Crippen LogP contribution in [0.2, 0.25) is 0 Å². The first-order chi connectivity index (χ1) is 27.2. The van der Waals surface area contributed by atoms with E-state index in [0.29, 0.717) is 11.1 Å². The molecule has 11 aromatic rings. The normalized spacial score (nSPS) is 11.6. The summed E-state index contributed by atoms with van der Waals surface area (Å²) in [5, 5.41) is 27.6. The number of para-hydroxylation sites is 6. The molecule has 0 N–H and O–H groups in total. The van der Waals surface area contributed by atoms with Gasteiger partial charge in [-0.2, -0.15) is 10.5 Å². The van der Waals surface area contributed by atoms with Gasteiger partial charge in [0.2, 0.25) is 0 Å². The Hall–Kier alpha value is -7.86. The van der Waals surface area contributed by atoms with Crippen LogP contribution in [0, 0.1) is 22.7 Å². The standard InChI is InChI=1S/C50H29N5/c51-30-32-27-28-38-36-16-3-8-22-43(36)54(48(38)29-32)46-25-11-13-33(31-52)49(46)40-18-5-10-24-45(40)55-44-23-9-4-17-37(44)39-19-12-26-47(50(39)55)53-41-20-6-1-14-34(41)35-15-2-7-21-42(35)53/h1-29H. The second-order valence-corrected chi connectivity index (χ2v) is 13.9. The van der Waals surface area contributed by atoms with Gasteiger partial charge in [-0.05, 0) is 60.7 Å². The summed E-state index contributed by atoms with van der Waals surface area (Å²) in [7, 11) is 0. The lowest BCUT2D eigenvalue weighted by atomic mass is 9.96. The highest BCUT2D eigenvalue weighted by Gasteiger charge is 2.24. The lowest BCUT2D eigenvalue weighted by molar-refractivity contribution is 1.13. The predicted octanol–water partition coefficient (Wildman–Crippen LogP) is 12.4. The Kier molecular flexibility index (Phi) is 6.61. The first-order valence-corrected chi connectivity index (χ1v) is 18.3.